The van der Waals surface area contributed by atoms with Gasteiger partial charge in [-0.1, -0.05) is 5.21 Å². The maximum atomic E-state index is 13.5. The quantitative estimate of drug-likeness (QED) is 0.367. The van der Waals surface area contributed by atoms with Gasteiger partial charge in [-0.3, -0.25) is 19.7 Å². The highest BCUT2D eigenvalue weighted by Crippen LogP contribution is 2.50. The molecule has 0 aromatic heterocycles. The summed E-state index contributed by atoms with van der Waals surface area (Å²) in [5.41, 5.74) is 6.06. The fourth-order valence-corrected chi connectivity index (χ4v) is 2.95. The Morgan fingerprint density at radius 1 is 1.21 bits per heavy atom. The number of imide groups is 1. The van der Waals surface area contributed by atoms with E-state index >= 15 is 0 Å². The molecule has 1 aromatic rings. The Morgan fingerprint density at radius 2 is 1.83 bits per heavy atom. The molecule has 1 aromatic carbocycles. The Kier molecular flexibility index (Phi) is 3.41. The minimum Gasteiger partial charge on any atom is -0.398 e. The predicted octanol–water partition coefficient (Wildman–Crippen LogP) is -1.70. The molecule has 1 saturated heterocycles. The molecule has 0 saturated carbocycles. The largest absolute Gasteiger partial charge is 0.398 e. The van der Waals surface area contributed by atoms with E-state index in [-0.39, 0.29) is 17.8 Å². The van der Waals surface area contributed by atoms with Crippen molar-refractivity contribution in [1.29, 1.82) is 0 Å². The number of nitrogens with one attached hydrogen (secondary N) is 1. The van der Waals surface area contributed by atoms with E-state index in [2.05, 4.69) is 0 Å². The average Bonchev–Trinajstić information content (AvgIpc) is 2.75. The highest BCUT2D eigenvalue weighted by molar-refractivity contribution is 6.63. The molecule has 0 spiro atoms. The second-order valence-electron chi connectivity index (χ2n) is 5.98. The smallest absolute Gasteiger partial charge is 0.255 e. The van der Waals surface area contributed by atoms with Crippen LogP contribution in [0.5, 0.6) is 0 Å². The Balaban J connectivity index is 2.07. The third-order valence-electron chi connectivity index (χ3n) is 4.41. The van der Waals surface area contributed by atoms with Crippen LogP contribution in [0, 0.1) is 5.82 Å². The number of rotatable bonds is 1. The number of carbonyl (C=O) groups excluding carboxylic acids is 3. The summed E-state index contributed by atoms with van der Waals surface area (Å²) in [4.78, 5) is 37.6. The van der Waals surface area contributed by atoms with Gasteiger partial charge < -0.3 is 10.6 Å². The van der Waals surface area contributed by atoms with Gasteiger partial charge in [0.25, 0.3) is 5.91 Å². The SMILES string of the molecule is [B]C1([B])C(=O)NC(=O)C(N2Cc3c(N)cc(F)cc3C2=O)C1([B])[B]. The van der Waals surface area contributed by atoms with Gasteiger partial charge in [0.15, 0.2) is 0 Å². The summed E-state index contributed by atoms with van der Waals surface area (Å²) >= 11 is 0. The molecule has 6 nitrogen and oxygen atoms in total. The molecule has 3 amide bonds. The second-order valence-corrected chi connectivity index (χ2v) is 5.98. The lowest BCUT2D eigenvalue weighted by atomic mass is 9.26. The lowest BCUT2D eigenvalue weighted by Crippen LogP contribution is -2.66. The van der Waals surface area contributed by atoms with Gasteiger partial charge in [0, 0.05) is 23.4 Å². The van der Waals surface area contributed by atoms with Crippen molar-refractivity contribution >= 4 is 54.8 Å². The highest BCUT2D eigenvalue weighted by atomic mass is 19.1. The topological polar surface area (TPSA) is 92.5 Å². The number of fused-ring (bicyclic) bond motifs is 1. The van der Waals surface area contributed by atoms with Crippen molar-refractivity contribution in [1.82, 2.24) is 10.2 Å². The van der Waals surface area contributed by atoms with Crippen molar-refractivity contribution < 1.29 is 18.8 Å². The number of hydrogen-bond acceptors (Lipinski definition) is 4. The number of amides is 3. The van der Waals surface area contributed by atoms with Gasteiger partial charge in [0.05, 0.1) is 31.4 Å². The van der Waals surface area contributed by atoms with Gasteiger partial charge in [-0.2, -0.15) is 0 Å². The molecule has 0 aliphatic carbocycles. The molecular weight excluding hydrogens is 308 g/mol. The number of nitrogen functional groups attached to an aromatic ring is 1. The van der Waals surface area contributed by atoms with Gasteiger partial charge in [-0.15, -0.1) is 0 Å². The zero-order chi connectivity index (χ0) is 18.0. The van der Waals surface area contributed by atoms with Crippen molar-refractivity contribution in [2.45, 2.75) is 23.0 Å². The lowest BCUT2D eigenvalue weighted by molar-refractivity contribution is -0.138. The Bertz CT molecular complexity index is 799. The first kappa shape index (κ1) is 16.7. The normalized spacial score (nSPS) is 24.6. The number of nitrogens with two attached hydrogens (primary N) is 1. The maximum Gasteiger partial charge on any atom is 0.255 e. The van der Waals surface area contributed by atoms with Crippen molar-refractivity contribution in [2.24, 2.45) is 0 Å². The van der Waals surface area contributed by atoms with Crippen LogP contribution in [0.1, 0.15) is 15.9 Å². The summed E-state index contributed by atoms with van der Waals surface area (Å²) in [7, 11) is 23.1. The van der Waals surface area contributed by atoms with Crippen LogP contribution in [0.2, 0.25) is 10.4 Å². The van der Waals surface area contributed by atoms with E-state index in [1.54, 1.807) is 0 Å². The number of nitrogens with zero attached hydrogens (tertiary/aromatic N) is 1. The van der Waals surface area contributed by atoms with Gasteiger partial charge in [-0.05, 0) is 17.3 Å². The van der Waals surface area contributed by atoms with Crippen molar-refractivity contribution in [3.8, 4) is 0 Å². The van der Waals surface area contributed by atoms with Crippen LogP contribution in [-0.4, -0.2) is 60.0 Å². The molecule has 3 N–H and O–H groups in total. The van der Waals surface area contributed by atoms with Crippen LogP contribution >= 0.6 is 0 Å². The summed E-state index contributed by atoms with van der Waals surface area (Å²) < 4.78 is 13.5. The van der Waals surface area contributed by atoms with Crippen LogP contribution in [0.25, 0.3) is 0 Å². The van der Waals surface area contributed by atoms with E-state index in [1.807, 2.05) is 5.32 Å². The molecule has 2 aliphatic heterocycles. The molecule has 8 radical (unpaired) electrons. The van der Waals surface area contributed by atoms with E-state index in [0.29, 0.717) is 5.56 Å². The zero-order valence-corrected chi connectivity index (χ0v) is 12.4. The van der Waals surface area contributed by atoms with Crippen LogP contribution in [0.3, 0.4) is 0 Å². The molecule has 3 rings (SSSR count). The first-order chi connectivity index (χ1) is 11.0. The summed E-state index contributed by atoms with van der Waals surface area (Å²) in [5, 5.41) is -2.62. The number of benzene rings is 1. The maximum absolute atomic E-state index is 13.5. The molecule has 112 valence electrons. The molecule has 0 bridgehead atoms. The molecule has 11 heteroatoms. The van der Waals surface area contributed by atoms with Gasteiger partial charge in [-0.25, -0.2) is 4.39 Å². The van der Waals surface area contributed by atoms with Crippen LogP contribution in [-0.2, 0) is 16.1 Å². The van der Waals surface area contributed by atoms with Gasteiger partial charge in [0.2, 0.25) is 11.8 Å². The van der Waals surface area contributed by atoms with E-state index < -0.39 is 40.0 Å². The third-order valence-corrected chi connectivity index (χ3v) is 4.41. The first-order valence-electron chi connectivity index (χ1n) is 6.88. The number of piperidine rings is 1. The molecule has 2 aliphatic rings. The standard InChI is InChI=1S/C13H8B4FN3O3/c14-12(15)8(9(22)20-11(24)13(12,16)17)21-3-6-5(10(21)23)1-4(18)2-7(6)19/h1-2,8H,3,19H2,(H,20,22,24). The summed E-state index contributed by atoms with van der Waals surface area (Å²) in [6, 6.07) is 0.494. The lowest BCUT2D eigenvalue weighted by Gasteiger charge is -2.53. The van der Waals surface area contributed by atoms with Crippen LogP contribution in [0.4, 0.5) is 10.1 Å². The molecule has 1 fully saturated rings. The van der Waals surface area contributed by atoms with E-state index in [1.165, 1.54) is 0 Å². The minimum absolute atomic E-state index is 0.0207. The highest BCUT2D eigenvalue weighted by Gasteiger charge is 2.56. The Hall–Kier alpha value is -2.18. The number of anilines is 1. The van der Waals surface area contributed by atoms with E-state index in [0.717, 1.165) is 17.0 Å². The summed E-state index contributed by atoms with van der Waals surface area (Å²) in [6.45, 7) is -0.154. The summed E-state index contributed by atoms with van der Waals surface area (Å²) in [6.07, 6.45) is 0. The van der Waals surface area contributed by atoms with Crippen LogP contribution in [0.15, 0.2) is 12.1 Å². The number of hydrogen-bond donors (Lipinski definition) is 2. The van der Waals surface area contributed by atoms with Crippen molar-refractivity contribution in [3.05, 3.63) is 29.1 Å². The fourth-order valence-electron chi connectivity index (χ4n) is 2.95. The molecular formula is C13H8B4FN3O3. The predicted molar refractivity (Wildman–Crippen MR) is 86.0 cm³/mol. The van der Waals surface area contributed by atoms with Crippen molar-refractivity contribution in [3.63, 3.8) is 0 Å². The molecule has 24 heavy (non-hydrogen) atoms. The fraction of sp³-hybridized carbons (Fsp3) is 0.308. The van der Waals surface area contributed by atoms with E-state index in [4.69, 9.17) is 37.1 Å². The minimum atomic E-state index is -2.31. The number of halogens is 1. The average molecular weight is 316 g/mol. The summed E-state index contributed by atoms with van der Waals surface area (Å²) in [5.74, 6) is -3.43. The number of carbonyl (C=O) groups is 3. The Labute approximate surface area is 142 Å². The van der Waals surface area contributed by atoms with Gasteiger partial charge >= 0.3 is 0 Å². The van der Waals surface area contributed by atoms with Gasteiger partial charge in [0.1, 0.15) is 11.9 Å². The zero-order valence-electron chi connectivity index (χ0n) is 12.4. The monoisotopic (exact) mass is 317 g/mol. The van der Waals surface area contributed by atoms with Crippen molar-refractivity contribution in [2.75, 3.05) is 5.73 Å². The molecule has 1 unspecified atom stereocenters. The van der Waals surface area contributed by atoms with Crippen LogP contribution < -0.4 is 11.1 Å². The molecule has 2 heterocycles. The molecule has 1 atom stereocenters. The third kappa shape index (κ3) is 2.03. The van der Waals surface area contributed by atoms with E-state index in [9.17, 15) is 18.8 Å². The Morgan fingerprint density at radius 3 is 2.46 bits per heavy atom. The second kappa shape index (κ2) is 4.91. The first-order valence-corrected chi connectivity index (χ1v) is 6.88.